The third-order valence-corrected chi connectivity index (χ3v) is 3.80. The fraction of sp³-hybridized carbons (Fsp3) is 0.600. The molecular weight excluding hydrogens is 236 g/mol. The summed E-state index contributed by atoms with van der Waals surface area (Å²) in [5.74, 6) is 1.97. The van der Waals surface area contributed by atoms with Crippen molar-refractivity contribution in [3.63, 3.8) is 0 Å². The summed E-state index contributed by atoms with van der Waals surface area (Å²) in [7, 11) is 0. The highest BCUT2D eigenvalue weighted by Gasteiger charge is 2.17. The molecule has 0 amide bonds. The SMILES string of the molecule is CCCc1cc2nc(C)nc(N3CCCCC3)c2[nH]1. The average Bonchev–Trinajstić information content (AvgIpc) is 2.81. The van der Waals surface area contributed by atoms with Crippen LogP contribution >= 0.6 is 0 Å². The summed E-state index contributed by atoms with van der Waals surface area (Å²) in [5, 5.41) is 0. The number of hydrogen-bond donors (Lipinski definition) is 1. The van der Waals surface area contributed by atoms with Gasteiger partial charge in [-0.05, 0) is 38.7 Å². The predicted molar refractivity (Wildman–Crippen MR) is 78.7 cm³/mol. The molecule has 1 N–H and O–H groups in total. The molecule has 1 saturated heterocycles. The molecule has 0 aliphatic carbocycles. The van der Waals surface area contributed by atoms with Crippen molar-refractivity contribution >= 4 is 16.9 Å². The highest BCUT2D eigenvalue weighted by molar-refractivity contribution is 5.87. The van der Waals surface area contributed by atoms with Gasteiger partial charge in [0, 0.05) is 18.8 Å². The standard InChI is InChI=1S/C15H22N4/c1-3-7-12-10-13-14(18-12)15(17-11(2)16-13)19-8-5-4-6-9-19/h10,18H,3-9H2,1-2H3. The number of aromatic amines is 1. The highest BCUT2D eigenvalue weighted by Crippen LogP contribution is 2.26. The van der Waals surface area contributed by atoms with Crippen LogP contribution in [-0.4, -0.2) is 28.0 Å². The van der Waals surface area contributed by atoms with Crippen molar-refractivity contribution in [1.82, 2.24) is 15.0 Å². The summed E-state index contributed by atoms with van der Waals surface area (Å²) in [6, 6.07) is 2.18. The van der Waals surface area contributed by atoms with Gasteiger partial charge in [-0.3, -0.25) is 0 Å². The predicted octanol–water partition coefficient (Wildman–Crippen LogP) is 3.21. The average molecular weight is 258 g/mol. The quantitative estimate of drug-likeness (QED) is 0.919. The molecule has 1 aliphatic heterocycles. The second-order valence-corrected chi connectivity index (χ2v) is 5.45. The van der Waals surface area contributed by atoms with E-state index in [1.54, 1.807) is 0 Å². The number of aryl methyl sites for hydroxylation is 2. The second-order valence-electron chi connectivity index (χ2n) is 5.45. The van der Waals surface area contributed by atoms with Crippen molar-refractivity contribution in [1.29, 1.82) is 0 Å². The van der Waals surface area contributed by atoms with Gasteiger partial charge >= 0.3 is 0 Å². The maximum atomic E-state index is 4.68. The Morgan fingerprint density at radius 2 is 2.00 bits per heavy atom. The summed E-state index contributed by atoms with van der Waals surface area (Å²) in [5.41, 5.74) is 3.46. The first-order chi connectivity index (χ1) is 9.28. The zero-order valence-corrected chi connectivity index (χ0v) is 11.9. The van der Waals surface area contributed by atoms with E-state index in [2.05, 4.69) is 32.8 Å². The minimum Gasteiger partial charge on any atom is -0.355 e. The third kappa shape index (κ3) is 2.44. The van der Waals surface area contributed by atoms with Crippen LogP contribution in [0.5, 0.6) is 0 Å². The summed E-state index contributed by atoms with van der Waals surface area (Å²) in [4.78, 5) is 15.2. The maximum Gasteiger partial charge on any atom is 0.156 e. The molecule has 102 valence electrons. The van der Waals surface area contributed by atoms with Gasteiger partial charge in [-0.15, -0.1) is 0 Å². The van der Waals surface area contributed by atoms with Gasteiger partial charge in [0.05, 0.1) is 5.52 Å². The van der Waals surface area contributed by atoms with Crippen LogP contribution in [-0.2, 0) is 6.42 Å². The largest absolute Gasteiger partial charge is 0.355 e. The molecule has 0 spiro atoms. The van der Waals surface area contributed by atoms with Crippen LogP contribution < -0.4 is 4.90 Å². The first-order valence-corrected chi connectivity index (χ1v) is 7.39. The van der Waals surface area contributed by atoms with Crippen molar-refractivity contribution in [2.24, 2.45) is 0 Å². The van der Waals surface area contributed by atoms with E-state index < -0.39 is 0 Å². The second kappa shape index (κ2) is 5.19. The first kappa shape index (κ1) is 12.5. The number of aromatic nitrogens is 3. The molecule has 2 aromatic heterocycles. The molecule has 4 nitrogen and oxygen atoms in total. The van der Waals surface area contributed by atoms with Gasteiger partial charge in [0.25, 0.3) is 0 Å². The molecule has 4 heteroatoms. The summed E-state index contributed by atoms with van der Waals surface area (Å²) < 4.78 is 0. The molecule has 0 saturated carbocycles. The van der Waals surface area contributed by atoms with Crippen LogP contribution in [0.3, 0.4) is 0 Å². The van der Waals surface area contributed by atoms with E-state index in [1.807, 2.05) is 6.92 Å². The molecule has 0 radical (unpaired) electrons. The van der Waals surface area contributed by atoms with Gasteiger partial charge in [0.2, 0.25) is 0 Å². The highest BCUT2D eigenvalue weighted by atomic mass is 15.2. The lowest BCUT2D eigenvalue weighted by molar-refractivity contribution is 0.574. The monoisotopic (exact) mass is 258 g/mol. The van der Waals surface area contributed by atoms with Gasteiger partial charge in [0.15, 0.2) is 5.82 Å². The van der Waals surface area contributed by atoms with Crippen LogP contribution in [0, 0.1) is 6.92 Å². The number of fused-ring (bicyclic) bond motifs is 1. The minimum atomic E-state index is 0.870. The van der Waals surface area contributed by atoms with Gasteiger partial charge in [-0.25, -0.2) is 9.97 Å². The van der Waals surface area contributed by atoms with Crippen LogP contribution in [0.1, 0.15) is 44.1 Å². The van der Waals surface area contributed by atoms with Crippen LogP contribution in [0.25, 0.3) is 11.0 Å². The molecule has 0 bridgehead atoms. The minimum absolute atomic E-state index is 0.870. The lowest BCUT2D eigenvalue weighted by atomic mass is 10.1. The van der Waals surface area contributed by atoms with Crippen molar-refractivity contribution in [3.8, 4) is 0 Å². The molecule has 3 heterocycles. The van der Waals surface area contributed by atoms with Crippen molar-refractivity contribution in [2.75, 3.05) is 18.0 Å². The van der Waals surface area contributed by atoms with E-state index in [0.717, 1.165) is 48.6 Å². The molecule has 3 rings (SSSR count). The smallest absolute Gasteiger partial charge is 0.156 e. The van der Waals surface area contributed by atoms with Crippen LogP contribution in [0.2, 0.25) is 0 Å². The molecule has 1 fully saturated rings. The molecule has 0 aromatic carbocycles. The van der Waals surface area contributed by atoms with Crippen molar-refractivity contribution in [2.45, 2.75) is 46.0 Å². The Balaban J connectivity index is 2.05. The zero-order valence-electron chi connectivity index (χ0n) is 11.9. The summed E-state index contributed by atoms with van der Waals surface area (Å²) >= 11 is 0. The lowest BCUT2D eigenvalue weighted by Crippen LogP contribution is -2.30. The van der Waals surface area contributed by atoms with E-state index in [-0.39, 0.29) is 0 Å². The lowest BCUT2D eigenvalue weighted by Gasteiger charge is -2.28. The first-order valence-electron chi connectivity index (χ1n) is 7.39. The van der Waals surface area contributed by atoms with E-state index in [1.165, 1.54) is 25.0 Å². The Bertz CT molecular complexity index is 567. The molecular formula is C15H22N4. The number of nitrogens with one attached hydrogen (secondary N) is 1. The van der Waals surface area contributed by atoms with Gasteiger partial charge in [-0.2, -0.15) is 0 Å². The number of rotatable bonds is 3. The van der Waals surface area contributed by atoms with Crippen molar-refractivity contribution < 1.29 is 0 Å². The molecule has 1 aliphatic rings. The number of piperidine rings is 1. The number of anilines is 1. The Morgan fingerprint density at radius 3 is 2.74 bits per heavy atom. The Hall–Kier alpha value is -1.58. The molecule has 19 heavy (non-hydrogen) atoms. The summed E-state index contributed by atoms with van der Waals surface area (Å²) in [6.07, 6.45) is 6.11. The van der Waals surface area contributed by atoms with Crippen molar-refractivity contribution in [3.05, 3.63) is 17.6 Å². The third-order valence-electron chi connectivity index (χ3n) is 3.80. The fourth-order valence-corrected chi connectivity index (χ4v) is 2.90. The number of H-pyrrole nitrogens is 1. The Morgan fingerprint density at radius 1 is 1.21 bits per heavy atom. The normalized spacial score (nSPS) is 16.2. The number of hydrogen-bond acceptors (Lipinski definition) is 3. The molecule has 2 aromatic rings. The van der Waals surface area contributed by atoms with Crippen LogP contribution in [0.15, 0.2) is 6.07 Å². The van der Waals surface area contributed by atoms with E-state index >= 15 is 0 Å². The van der Waals surface area contributed by atoms with Gasteiger partial charge < -0.3 is 9.88 Å². The van der Waals surface area contributed by atoms with E-state index in [0.29, 0.717) is 0 Å². The van der Waals surface area contributed by atoms with Crippen LogP contribution in [0.4, 0.5) is 5.82 Å². The molecule has 0 unspecified atom stereocenters. The fourth-order valence-electron chi connectivity index (χ4n) is 2.90. The topological polar surface area (TPSA) is 44.8 Å². The molecule has 0 atom stereocenters. The van der Waals surface area contributed by atoms with E-state index in [4.69, 9.17) is 0 Å². The van der Waals surface area contributed by atoms with Gasteiger partial charge in [-0.1, -0.05) is 13.3 Å². The Kier molecular flexibility index (Phi) is 3.40. The van der Waals surface area contributed by atoms with Gasteiger partial charge in [0.1, 0.15) is 11.3 Å². The number of nitrogens with zero attached hydrogens (tertiary/aromatic N) is 3. The maximum absolute atomic E-state index is 4.68. The Labute approximate surface area is 114 Å². The zero-order chi connectivity index (χ0) is 13.2. The summed E-state index contributed by atoms with van der Waals surface area (Å²) in [6.45, 7) is 6.43. The van der Waals surface area contributed by atoms with E-state index in [9.17, 15) is 0 Å².